The third-order valence-corrected chi connectivity index (χ3v) is 5.11. The van der Waals surface area contributed by atoms with Gasteiger partial charge in [-0.2, -0.15) is 0 Å². The zero-order valence-electron chi connectivity index (χ0n) is 11.7. The van der Waals surface area contributed by atoms with E-state index in [0.29, 0.717) is 5.82 Å². The molecule has 1 heterocycles. The Bertz CT molecular complexity index is 732. The van der Waals surface area contributed by atoms with E-state index in [4.69, 9.17) is 0 Å². The van der Waals surface area contributed by atoms with Crippen molar-refractivity contribution in [2.75, 3.05) is 12.4 Å². The first kappa shape index (κ1) is 14.0. The maximum Gasteiger partial charge on any atom is 0.241 e. The van der Waals surface area contributed by atoms with Crippen molar-refractivity contribution in [1.82, 2.24) is 9.71 Å². The summed E-state index contributed by atoms with van der Waals surface area (Å²) >= 11 is 0. The van der Waals surface area contributed by atoms with Crippen LogP contribution in [0.25, 0.3) is 0 Å². The number of benzene rings is 1. The molecule has 1 saturated carbocycles. The smallest absolute Gasteiger partial charge is 0.241 e. The Balaban J connectivity index is 1.73. The van der Waals surface area contributed by atoms with Crippen LogP contribution in [-0.4, -0.2) is 26.5 Å². The number of rotatable bonds is 5. The molecule has 2 N–H and O–H groups in total. The van der Waals surface area contributed by atoms with Gasteiger partial charge in [0.15, 0.2) is 0 Å². The van der Waals surface area contributed by atoms with Crippen LogP contribution in [0.3, 0.4) is 0 Å². The van der Waals surface area contributed by atoms with Crippen LogP contribution < -0.4 is 10.0 Å². The molecule has 6 heteroatoms. The summed E-state index contributed by atoms with van der Waals surface area (Å²) in [5, 5.41) is 2.84. The van der Waals surface area contributed by atoms with Crippen LogP contribution in [0.2, 0.25) is 0 Å². The molecule has 2 unspecified atom stereocenters. The highest BCUT2D eigenvalue weighted by Crippen LogP contribution is 2.41. The number of hydrogen-bond acceptors (Lipinski definition) is 4. The van der Waals surface area contributed by atoms with E-state index >= 15 is 0 Å². The summed E-state index contributed by atoms with van der Waals surface area (Å²) in [6.45, 7) is 0. The molecule has 0 amide bonds. The van der Waals surface area contributed by atoms with Crippen LogP contribution in [0, 0.1) is 0 Å². The molecular weight excluding hydrogens is 286 g/mol. The van der Waals surface area contributed by atoms with Crippen molar-refractivity contribution in [2.45, 2.75) is 23.3 Å². The van der Waals surface area contributed by atoms with Crippen molar-refractivity contribution in [1.29, 1.82) is 0 Å². The number of sulfonamides is 1. The number of nitrogens with zero attached hydrogens (tertiary/aromatic N) is 1. The van der Waals surface area contributed by atoms with E-state index in [0.717, 1.165) is 6.42 Å². The first-order valence-electron chi connectivity index (χ1n) is 6.81. The monoisotopic (exact) mass is 303 g/mol. The molecular formula is C15H17N3O2S. The minimum Gasteiger partial charge on any atom is -0.373 e. The van der Waals surface area contributed by atoms with E-state index < -0.39 is 10.0 Å². The van der Waals surface area contributed by atoms with E-state index in [1.54, 1.807) is 7.05 Å². The van der Waals surface area contributed by atoms with Crippen LogP contribution in [-0.2, 0) is 10.0 Å². The lowest BCUT2D eigenvalue weighted by Crippen LogP contribution is -2.27. The van der Waals surface area contributed by atoms with Crippen molar-refractivity contribution in [3.8, 4) is 0 Å². The summed E-state index contributed by atoms with van der Waals surface area (Å²) in [4.78, 5) is 4.26. The van der Waals surface area contributed by atoms with Crippen LogP contribution in [0.15, 0.2) is 53.6 Å². The fourth-order valence-corrected chi connectivity index (χ4v) is 3.68. The van der Waals surface area contributed by atoms with Crippen LogP contribution >= 0.6 is 0 Å². The van der Waals surface area contributed by atoms with Gasteiger partial charge >= 0.3 is 0 Å². The molecule has 0 aliphatic heterocycles. The zero-order chi connectivity index (χ0) is 14.9. The predicted molar refractivity (Wildman–Crippen MR) is 81.7 cm³/mol. The summed E-state index contributed by atoms with van der Waals surface area (Å²) < 4.78 is 27.5. The second kappa shape index (κ2) is 5.46. The SMILES string of the molecule is CNc1cc(S(=O)(=O)NC2CC2c2ccccc2)ccn1. The highest BCUT2D eigenvalue weighted by Gasteiger charge is 2.41. The summed E-state index contributed by atoms with van der Waals surface area (Å²) in [5.41, 5.74) is 1.18. The second-order valence-electron chi connectivity index (χ2n) is 5.11. The molecule has 2 atom stereocenters. The molecule has 0 radical (unpaired) electrons. The van der Waals surface area contributed by atoms with E-state index in [2.05, 4.69) is 15.0 Å². The molecule has 0 bridgehead atoms. The Morgan fingerprint density at radius 2 is 1.95 bits per heavy atom. The van der Waals surface area contributed by atoms with E-state index in [1.165, 1.54) is 23.9 Å². The van der Waals surface area contributed by atoms with Crippen LogP contribution in [0.4, 0.5) is 5.82 Å². The summed E-state index contributed by atoms with van der Waals surface area (Å²) in [6.07, 6.45) is 2.33. The molecule has 21 heavy (non-hydrogen) atoms. The molecule has 5 nitrogen and oxygen atoms in total. The molecule has 0 saturated heterocycles. The van der Waals surface area contributed by atoms with Gasteiger partial charge in [0.1, 0.15) is 5.82 Å². The van der Waals surface area contributed by atoms with Crippen molar-refractivity contribution in [2.24, 2.45) is 0 Å². The summed E-state index contributed by atoms with van der Waals surface area (Å²) in [7, 11) is -1.79. The lowest BCUT2D eigenvalue weighted by atomic mass is 10.1. The Labute approximate surface area is 124 Å². The Morgan fingerprint density at radius 1 is 1.19 bits per heavy atom. The van der Waals surface area contributed by atoms with Gasteiger partial charge in [-0.1, -0.05) is 30.3 Å². The van der Waals surface area contributed by atoms with E-state index in [1.807, 2.05) is 30.3 Å². The number of hydrogen-bond donors (Lipinski definition) is 2. The molecule has 1 aliphatic carbocycles. The van der Waals surface area contributed by atoms with Crippen molar-refractivity contribution >= 4 is 15.8 Å². The third kappa shape index (κ3) is 3.06. The molecule has 1 aromatic heterocycles. The largest absolute Gasteiger partial charge is 0.373 e. The molecule has 1 aliphatic rings. The zero-order valence-corrected chi connectivity index (χ0v) is 12.5. The average Bonchev–Trinajstić information content (AvgIpc) is 3.26. The second-order valence-corrected chi connectivity index (χ2v) is 6.82. The van der Waals surface area contributed by atoms with Crippen molar-refractivity contribution in [3.05, 3.63) is 54.2 Å². The highest BCUT2D eigenvalue weighted by atomic mass is 32.2. The third-order valence-electron chi connectivity index (χ3n) is 3.62. The Morgan fingerprint density at radius 3 is 2.67 bits per heavy atom. The predicted octanol–water partition coefficient (Wildman–Crippen LogP) is 1.96. The molecule has 1 fully saturated rings. The molecule has 110 valence electrons. The fraction of sp³-hybridized carbons (Fsp3) is 0.267. The minimum absolute atomic E-state index is 0.0244. The van der Waals surface area contributed by atoms with Gasteiger partial charge in [0, 0.05) is 31.3 Å². The topological polar surface area (TPSA) is 71.1 Å². The van der Waals surface area contributed by atoms with Gasteiger partial charge < -0.3 is 5.32 Å². The highest BCUT2D eigenvalue weighted by molar-refractivity contribution is 7.89. The van der Waals surface area contributed by atoms with Gasteiger partial charge in [-0.05, 0) is 18.1 Å². The maximum atomic E-state index is 12.4. The Hall–Kier alpha value is -1.92. The first-order chi connectivity index (χ1) is 10.1. The van der Waals surface area contributed by atoms with Crippen molar-refractivity contribution < 1.29 is 8.42 Å². The van der Waals surface area contributed by atoms with Gasteiger partial charge in [0.2, 0.25) is 10.0 Å². The van der Waals surface area contributed by atoms with Crippen LogP contribution in [0.5, 0.6) is 0 Å². The standard InChI is InChI=1S/C15H17N3O2S/c1-16-15-9-12(7-8-17-15)21(19,20)18-14-10-13(14)11-5-3-2-4-6-11/h2-9,13-14,18H,10H2,1H3,(H,16,17). The molecule has 3 rings (SSSR count). The first-order valence-corrected chi connectivity index (χ1v) is 8.29. The van der Waals surface area contributed by atoms with Crippen LogP contribution in [0.1, 0.15) is 17.9 Å². The Kier molecular flexibility index (Phi) is 3.65. The van der Waals surface area contributed by atoms with E-state index in [-0.39, 0.29) is 16.9 Å². The summed E-state index contributed by atoms with van der Waals surface area (Å²) in [6, 6.07) is 13.0. The van der Waals surface area contributed by atoms with Crippen molar-refractivity contribution in [3.63, 3.8) is 0 Å². The lowest BCUT2D eigenvalue weighted by molar-refractivity contribution is 0.580. The quantitative estimate of drug-likeness (QED) is 0.886. The van der Waals surface area contributed by atoms with Gasteiger partial charge in [0.05, 0.1) is 4.90 Å². The van der Waals surface area contributed by atoms with Gasteiger partial charge in [0.25, 0.3) is 0 Å². The molecule has 1 aromatic carbocycles. The van der Waals surface area contributed by atoms with Gasteiger partial charge in [-0.15, -0.1) is 0 Å². The normalized spacial score (nSPS) is 21.0. The summed E-state index contributed by atoms with van der Waals surface area (Å²) in [5.74, 6) is 0.805. The van der Waals surface area contributed by atoms with Gasteiger partial charge in [-0.25, -0.2) is 18.1 Å². The van der Waals surface area contributed by atoms with Gasteiger partial charge in [-0.3, -0.25) is 0 Å². The minimum atomic E-state index is -3.50. The maximum absolute atomic E-state index is 12.4. The number of pyridine rings is 1. The number of nitrogens with one attached hydrogen (secondary N) is 2. The lowest BCUT2D eigenvalue weighted by Gasteiger charge is -2.08. The molecule has 0 spiro atoms. The molecule has 2 aromatic rings. The number of anilines is 1. The van der Waals surface area contributed by atoms with E-state index in [9.17, 15) is 8.42 Å². The fourth-order valence-electron chi connectivity index (χ4n) is 2.38. The average molecular weight is 303 g/mol. The number of aromatic nitrogens is 1.